The summed E-state index contributed by atoms with van der Waals surface area (Å²) in [5.74, 6) is 1.73. The third kappa shape index (κ3) is 4.77. The Morgan fingerprint density at radius 3 is 2.57 bits per heavy atom. The van der Waals surface area contributed by atoms with Crippen molar-refractivity contribution in [3.63, 3.8) is 0 Å². The van der Waals surface area contributed by atoms with Crippen molar-refractivity contribution in [2.75, 3.05) is 14.2 Å². The SMILES string of the molecule is COc1ccc(CN(C)Cc2ncc(C)[nH]2)cc1-c1cncc(C(C)(C)O)c1. The Morgan fingerprint density at radius 2 is 1.93 bits per heavy atom. The van der Waals surface area contributed by atoms with Crippen LogP contribution < -0.4 is 4.74 Å². The Hall–Kier alpha value is -2.70. The van der Waals surface area contributed by atoms with Crippen LogP contribution in [-0.2, 0) is 18.7 Å². The smallest absolute Gasteiger partial charge is 0.126 e. The van der Waals surface area contributed by atoms with Crippen molar-refractivity contribution < 1.29 is 9.84 Å². The largest absolute Gasteiger partial charge is 0.496 e. The summed E-state index contributed by atoms with van der Waals surface area (Å²) in [6.07, 6.45) is 5.34. The molecule has 1 aromatic carbocycles. The van der Waals surface area contributed by atoms with Crippen molar-refractivity contribution in [1.29, 1.82) is 0 Å². The molecule has 2 aromatic heterocycles. The summed E-state index contributed by atoms with van der Waals surface area (Å²) in [5, 5.41) is 10.3. The van der Waals surface area contributed by atoms with Gasteiger partial charge in [-0.1, -0.05) is 6.07 Å². The lowest BCUT2D eigenvalue weighted by molar-refractivity contribution is 0.0783. The van der Waals surface area contributed by atoms with Gasteiger partial charge in [-0.15, -0.1) is 0 Å². The van der Waals surface area contributed by atoms with Crippen molar-refractivity contribution in [2.45, 2.75) is 39.5 Å². The van der Waals surface area contributed by atoms with Crippen LogP contribution in [-0.4, -0.2) is 39.1 Å². The Balaban J connectivity index is 1.86. The van der Waals surface area contributed by atoms with Crippen LogP contribution in [0.3, 0.4) is 0 Å². The van der Waals surface area contributed by atoms with Gasteiger partial charge in [0.2, 0.25) is 0 Å². The number of nitrogens with zero attached hydrogens (tertiary/aromatic N) is 3. The van der Waals surface area contributed by atoms with Gasteiger partial charge in [-0.05, 0) is 51.6 Å². The van der Waals surface area contributed by atoms with E-state index < -0.39 is 5.60 Å². The zero-order valence-electron chi connectivity index (χ0n) is 17.2. The fourth-order valence-corrected chi connectivity index (χ4v) is 3.17. The van der Waals surface area contributed by atoms with Crippen LogP contribution in [0, 0.1) is 6.92 Å². The van der Waals surface area contributed by atoms with E-state index in [1.807, 2.05) is 25.3 Å². The zero-order valence-corrected chi connectivity index (χ0v) is 17.2. The number of aromatic nitrogens is 3. The highest BCUT2D eigenvalue weighted by Crippen LogP contribution is 2.33. The van der Waals surface area contributed by atoms with Gasteiger partial charge in [0.15, 0.2) is 0 Å². The Labute approximate surface area is 166 Å². The molecular formula is C22H28N4O2. The molecule has 6 nitrogen and oxygen atoms in total. The van der Waals surface area contributed by atoms with Crippen LogP contribution in [0.5, 0.6) is 5.75 Å². The molecule has 0 aliphatic heterocycles. The van der Waals surface area contributed by atoms with E-state index in [2.05, 4.69) is 39.0 Å². The number of methoxy groups -OCH3 is 1. The van der Waals surface area contributed by atoms with E-state index in [4.69, 9.17) is 4.74 Å². The van der Waals surface area contributed by atoms with Crippen LogP contribution in [0.25, 0.3) is 11.1 Å². The van der Waals surface area contributed by atoms with E-state index >= 15 is 0 Å². The van der Waals surface area contributed by atoms with Gasteiger partial charge in [0.1, 0.15) is 11.6 Å². The highest BCUT2D eigenvalue weighted by atomic mass is 16.5. The first-order valence-electron chi connectivity index (χ1n) is 9.30. The molecule has 3 rings (SSSR count). The van der Waals surface area contributed by atoms with Crippen LogP contribution in [0.15, 0.2) is 42.9 Å². The summed E-state index contributed by atoms with van der Waals surface area (Å²) < 4.78 is 5.56. The molecule has 0 saturated carbocycles. The Kier molecular flexibility index (Phi) is 5.82. The normalized spacial score (nSPS) is 11.8. The summed E-state index contributed by atoms with van der Waals surface area (Å²) in [5.41, 5.74) is 3.92. The second-order valence-electron chi connectivity index (χ2n) is 7.74. The highest BCUT2D eigenvalue weighted by molar-refractivity contribution is 5.71. The number of hydrogen-bond donors (Lipinski definition) is 2. The number of aliphatic hydroxyl groups is 1. The minimum atomic E-state index is -0.949. The summed E-state index contributed by atoms with van der Waals surface area (Å²) in [7, 11) is 3.73. The van der Waals surface area contributed by atoms with E-state index in [0.29, 0.717) is 0 Å². The predicted molar refractivity (Wildman–Crippen MR) is 110 cm³/mol. The number of pyridine rings is 1. The summed E-state index contributed by atoms with van der Waals surface area (Å²) in [6.45, 7) is 7.03. The van der Waals surface area contributed by atoms with Crippen molar-refractivity contribution in [3.8, 4) is 16.9 Å². The maximum absolute atomic E-state index is 10.3. The third-order valence-electron chi connectivity index (χ3n) is 4.65. The average molecular weight is 380 g/mol. The number of rotatable bonds is 7. The summed E-state index contributed by atoms with van der Waals surface area (Å²) in [4.78, 5) is 14.2. The molecule has 3 aromatic rings. The number of aryl methyl sites for hydroxylation is 1. The third-order valence-corrected chi connectivity index (χ3v) is 4.65. The predicted octanol–water partition coefficient (Wildman–Crippen LogP) is 3.65. The minimum absolute atomic E-state index is 0.741. The van der Waals surface area contributed by atoms with Crippen molar-refractivity contribution >= 4 is 0 Å². The molecule has 28 heavy (non-hydrogen) atoms. The first-order chi connectivity index (χ1) is 13.3. The average Bonchev–Trinajstić information content (AvgIpc) is 3.05. The van der Waals surface area contributed by atoms with Crippen LogP contribution in [0.4, 0.5) is 0 Å². The molecular weight excluding hydrogens is 352 g/mol. The molecule has 2 N–H and O–H groups in total. The van der Waals surface area contributed by atoms with E-state index in [1.54, 1.807) is 33.4 Å². The van der Waals surface area contributed by atoms with Gasteiger partial charge in [0, 0.05) is 47.5 Å². The molecule has 148 valence electrons. The number of imidazole rings is 1. The number of aromatic amines is 1. The summed E-state index contributed by atoms with van der Waals surface area (Å²) >= 11 is 0. The quantitative estimate of drug-likeness (QED) is 0.654. The number of nitrogens with one attached hydrogen (secondary N) is 1. The Morgan fingerprint density at radius 1 is 1.14 bits per heavy atom. The maximum atomic E-state index is 10.3. The maximum Gasteiger partial charge on any atom is 0.126 e. The molecule has 0 amide bonds. The first-order valence-corrected chi connectivity index (χ1v) is 9.30. The molecule has 0 bridgehead atoms. The van der Waals surface area contributed by atoms with Gasteiger partial charge < -0.3 is 14.8 Å². The first kappa shape index (κ1) is 20.0. The molecule has 0 unspecified atom stereocenters. The molecule has 6 heteroatoms. The molecule has 0 spiro atoms. The lowest BCUT2D eigenvalue weighted by Gasteiger charge is -2.19. The van der Waals surface area contributed by atoms with Gasteiger partial charge in [-0.2, -0.15) is 0 Å². The second kappa shape index (κ2) is 8.12. The molecule has 0 atom stereocenters. The van der Waals surface area contributed by atoms with Gasteiger partial charge >= 0.3 is 0 Å². The number of benzene rings is 1. The van der Waals surface area contributed by atoms with E-state index in [0.717, 1.165) is 52.6 Å². The lowest BCUT2D eigenvalue weighted by atomic mass is 9.96. The standard InChI is InChI=1S/C22H28N4O2/c1-15-10-24-21(25-15)14-26(4)13-16-6-7-20(28-5)19(8-16)17-9-18(12-23-11-17)22(2,3)27/h6-12,27H,13-14H2,1-5H3,(H,24,25). The number of hydrogen-bond acceptors (Lipinski definition) is 5. The number of H-pyrrole nitrogens is 1. The number of ether oxygens (including phenoxy) is 1. The fourth-order valence-electron chi connectivity index (χ4n) is 3.17. The summed E-state index contributed by atoms with van der Waals surface area (Å²) in [6, 6.07) is 8.13. The van der Waals surface area contributed by atoms with Gasteiger partial charge in [0.25, 0.3) is 0 Å². The molecule has 0 aliphatic carbocycles. The van der Waals surface area contributed by atoms with E-state index in [1.165, 1.54) is 0 Å². The molecule has 0 radical (unpaired) electrons. The van der Waals surface area contributed by atoms with Crippen molar-refractivity contribution in [3.05, 3.63) is 65.5 Å². The van der Waals surface area contributed by atoms with Gasteiger partial charge in [0.05, 0.1) is 19.3 Å². The van der Waals surface area contributed by atoms with E-state index in [9.17, 15) is 5.11 Å². The van der Waals surface area contributed by atoms with E-state index in [-0.39, 0.29) is 0 Å². The molecule has 0 fully saturated rings. The van der Waals surface area contributed by atoms with Gasteiger partial charge in [-0.25, -0.2) is 4.98 Å². The van der Waals surface area contributed by atoms with Crippen LogP contribution in [0.1, 0.15) is 36.5 Å². The van der Waals surface area contributed by atoms with Crippen LogP contribution in [0.2, 0.25) is 0 Å². The second-order valence-corrected chi connectivity index (χ2v) is 7.74. The molecule has 0 aliphatic rings. The fraction of sp³-hybridized carbons (Fsp3) is 0.364. The minimum Gasteiger partial charge on any atom is -0.496 e. The van der Waals surface area contributed by atoms with Crippen molar-refractivity contribution in [2.24, 2.45) is 0 Å². The Bertz CT molecular complexity index is 944. The van der Waals surface area contributed by atoms with Gasteiger partial charge in [-0.3, -0.25) is 9.88 Å². The zero-order chi connectivity index (χ0) is 20.3. The van der Waals surface area contributed by atoms with Crippen LogP contribution >= 0.6 is 0 Å². The lowest BCUT2D eigenvalue weighted by Crippen LogP contribution is -2.18. The van der Waals surface area contributed by atoms with Crippen molar-refractivity contribution in [1.82, 2.24) is 19.9 Å². The monoisotopic (exact) mass is 380 g/mol. The molecule has 0 saturated heterocycles. The molecule has 2 heterocycles. The topological polar surface area (TPSA) is 74.3 Å². The highest BCUT2D eigenvalue weighted by Gasteiger charge is 2.18.